The van der Waals surface area contributed by atoms with Crippen molar-refractivity contribution >= 4 is 5.71 Å². The largest absolute Gasteiger partial charge is 0.493 e. The Morgan fingerprint density at radius 1 is 0.935 bits per heavy atom. The maximum Gasteiger partial charge on any atom is 0.166 e. The highest BCUT2D eigenvalue weighted by atomic mass is 16.5. The Hall–Kier alpha value is -3.14. The molecule has 0 N–H and O–H groups in total. The maximum atomic E-state index is 6.31. The number of nitrogens with zero attached hydrogens (tertiary/aromatic N) is 2. The molecule has 1 aromatic heterocycles. The molecule has 4 nitrogen and oxygen atoms in total. The number of fused-ring (bicyclic) bond motifs is 3. The van der Waals surface area contributed by atoms with Crippen molar-refractivity contribution < 1.29 is 9.47 Å². The first-order valence-electron chi connectivity index (χ1n) is 10.8. The van der Waals surface area contributed by atoms with Crippen molar-refractivity contribution in [2.45, 2.75) is 51.7 Å². The second-order valence-corrected chi connectivity index (χ2v) is 9.73. The smallest absolute Gasteiger partial charge is 0.166 e. The molecule has 2 aromatic carbocycles. The zero-order valence-electron chi connectivity index (χ0n) is 18.8. The second-order valence-electron chi connectivity index (χ2n) is 9.73. The van der Waals surface area contributed by atoms with E-state index in [9.17, 15) is 0 Å². The molecule has 3 heterocycles. The summed E-state index contributed by atoms with van der Waals surface area (Å²) in [5.41, 5.74) is 7.70. The van der Waals surface area contributed by atoms with E-state index in [-0.39, 0.29) is 11.1 Å². The first-order chi connectivity index (χ1) is 14.8. The molecule has 3 aromatic rings. The number of ether oxygens (including phenoxy) is 2. The molecule has 0 radical (unpaired) electrons. The normalized spacial score (nSPS) is 17.9. The third-order valence-corrected chi connectivity index (χ3v) is 6.05. The molecule has 0 bridgehead atoms. The average Bonchev–Trinajstić information content (AvgIpc) is 3.07. The summed E-state index contributed by atoms with van der Waals surface area (Å²) >= 11 is 0. The minimum absolute atomic E-state index is 0.182. The highest BCUT2D eigenvalue weighted by Crippen LogP contribution is 2.47. The predicted octanol–water partition coefficient (Wildman–Crippen LogP) is 5.64. The van der Waals surface area contributed by atoms with Crippen LogP contribution in [-0.4, -0.2) is 28.9 Å². The number of pyridine rings is 1. The average molecular weight is 413 g/mol. The lowest BCUT2D eigenvalue weighted by Crippen LogP contribution is -2.30. The number of rotatable bonds is 3. The first-order valence-corrected chi connectivity index (χ1v) is 10.8. The van der Waals surface area contributed by atoms with Crippen molar-refractivity contribution in [1.82, 2.24) is 4.98 Å². The van der Waals surface area contributed by atoms with Crippen molar-refractivity contribution in [2.75, 3.05) is 7.11 Å². The molecule has 0 saturated carbocycles. The van der Waals surface area contributed by atoms with Crippen LogP contribution >= 0.6 is 0 Å². The molecule has 31 heavy (non-hydrogen) atoms. The summed E-state index contributed by atoms with van der Waals surface area (Å²) in [4.78, 5) is 9.46. The lowest BCUT2D eigenvalue weighted by molar-refractivity contribution is 0.134. The van der Waals surface area contributed by atoms with Crippen LogP contribution in [0.15, 0.2) is 59.9 Å². The Labute approximate surface area is 184 Å². The highest BCUT2D eigenvalue weighted by Gasteiger charge is 2.39. The molecule has 2 aliphatic heterocycles. The lowest BCUT2D eigenvalue weighted by atomic mass is 9.81. The van der Waals surface area contributed by atoms with Gasteiger partial charge in [-0.25, -0.2) is 0 Å². The fourth-order valence-corrected chi connectivity index (χ4v) is 4.78. The van der Waals surface area contributed by atoms with Gasteiger partial charge in [-0.3, -0.25) is 9.98 Å². The van der Waals surface area contributed by atoms with Gasteiger partial charge in [-0.15, -0.1) is 0 Å². The molecule has 0 fully saturated rings. The number of hydrogen-bond donors (Lipinski definition) is 0. The molecule has 0 aliphatic carbocycles. The second kappa shape index (κ2) is 6.94. The fourth-order valence-electron chi connectivity index (χ4n) is 4.78. The third kappa shape index (κ3) is 3.50. The number of hydrogen-bond acceptors (Lipinski definition) is 4. The van der Waals surface area contributed by atoms with E-state index < -0.39 is 0 Å². The zero-order valence-corrected chi connectivity index (χ0v) is 18.8. The van der Waals surface area contributed by atoms with Crippen LogP contribution < -0.4 is 9.47 Å². The summed E-state index contributed by atoms with van der Waals surface area (Å²) in [5.74, 6) is 1.69. The van der Waals surface area contributed by atoms with Gasteiger partial charge in [-0.05, 0) is 62.9 Å². The van der Waals surface area contributed by atoms with Gasteiger partial charge in [0.2, 0.25) is 0 Å². The molecule has 0 unspecified atom stereocenters. The summed E-state index contributed by atoms with van der Waals surface area (Å²) in [5, 5.41) is 0. The Kier molecular flexibility index (Phi) is 4.44. The summed E-state index contributed by atoms with van der Waals surface area (Å²) < 4.78 is 12.0. The summed E-state index contributed by atoms with van der Waals surface area (Å²) in [7, 11) is 1.72. The molecule has 158 valence electrons. The van der Waals surface area contributed by atoms with Crippen molar-refractivity contribution in [3.05, 3.63) is 77.1 Å². The monoisotopic (exact) mass is 412 g/mol. The van der Waals surface area contributed by atoms with E-state index in [4.69, 9.17) is 14.5 Å². The topological polar surface area (TPSA) is 43.7 Å². The van der Waals surface area contributed by atoms with E-state index in [1.165, 1.54) is 16.7 Å². The summed E-state index contributed by atoms with van der Waals surface area (Å²) in [6, 6.07) is 14.8. The zero-order chi connectivity index (χ0) is 21.8. The van der Waals surface area contributed by atoms with E-state index in [1.54, 1.807) is 13.3 Å². The molecule has 5 rings (SSSR count). The molecular weight excluding hydrogens is 384 g/mol. The van der Waals surface area contributed by atoms with Gasteiger partial charge in [0.15, 0.2) is 11.5 Å². The van der Waals surface area contributed by atoms with Gasteiger partial charge < -0.3 is 9.47 Å². The van der Waals surface area contributed by atoms with Crippen LogP contribution in [0.3, 0.4) is 0 Å². The van der Waals surface area contributed by atoms with Gasteiger partial charge in [0.1, 0.15) is 5.60 Å². The summed E-state index contributed by atoms with van der Waals surface area (Å²) in [6.07, 6.45) is 5.41. The minimum atomic E-state index is -0.257. The third-order valence-electron chi connectivity index (χ3n) is 6.05. The van der Waals surface area contributed by atoms with E-state index in [0.717, 1.165) is 46.7 Å². The van der Waals surface area contributed by atoms with Crippen LogP contribution in [0, 0.1) is 0 Å². The van der Waals surface area contributed by atoms with E-state index in [2.05, 4.69) is 69.1 Å². The van der Waals surface area contributed by atoms with Crippen LogP contribution in [0.5, 0.6) is 11.5 Å². The SMILES string of the molecule is COc1cc2c(c3c1OC(C)(C)C3)C(c1ccc(-c3cccnc3)cc1)=NC(C)(C)C2. The van der Waals surface area contributed by atoms with Crippen molar-refractivity contribution in [1.29, 1.82) is 0 Å². The van der Waals surface area contributed by atoms with Gasteiger partial charge in [-0.1, -0.05) is 30.3 Å². The molecule has 4 heteroatoms. The van der Waals surface area contributed by atoms with Crippen LogP contribution in [0.25, 0.3) is 11.1 Å². The number of methoxy groups -OCH3 is 1. The van der Waals surface area contributed by atoms with E-state index in [1.807, 2.05) is 12.3 Å². The Morgan fingerprint density at radius 3 is 2.35 bits per heavy atom. The van der Waals surface area contributed by atoms with Gasteiger partial charge >= 0.3 is 0 Å². The Bertz CT molecular complexity index is 1180. The molecular formula is C27H28N2O2. The fraction of sp³-hybridized carbons (Fsp3) is 0.333. The molecule has 2 aliphatic rings. The minimum Gasteiger partial charge on any atom is -0.493 e. The lowest BCUT2D eigenvalue weighted by Gasteiger charge is -2.31. The van der Waals surface area contributed by atoms with Gasteiger partial charge in [0.05, 0.1) is 18.4 Å². The van der Waals surface area contributed by atoms with Gasteiger partial charge in [-0.2, -0.15) is 0 Å². The van der Waals surface area contributed by atoms with Gasteiger partial charge in [0, 0.05) is 35.5 Å². The highest BCUT2D eigenvalue weighted by molar-refractivity contribution is 6.16. The van der Waals surface area contributed by atoms with Crippen molar-refractivity contribution in [3.8, 4) is 22.6 Å². The molecule has 0 saturated heterocycles. The number of aliphatic imine (C=N–C) groups is 1. The van der Waals surface area contributed by atoms with Crippen molar-refractivity contribution in [2.24, 2.45) is 4.99 Å². The number of aromatic nitrogens is 1. The maximum absolute atomic E-state index is 6.31. The molecule has 0 spiro atoms. The van der Waals surface area contributed by atoms with Crippen molar-refractivity contribution in [3.63, 3.8) is 0 Å². The van der Waals surface area contributed by atoms with Crippen LogP contribution in [0.2, 0.25) is 0 Å². The predicted molar refractivity (Wildman–Crippen MR) is 125 cm³/mol. The molecule has 0 atom stereocenters. The van der Waals surface area contributed by atoms with Crippen LogP contribution in [0.4, 0.5) is 0 Å². The Balaban J connectivity index is 1.66. The Morgan fingerprint density at radius 2 is 1.68 bits per heavy atom. The standard InChI is InChI=1S/C27H28N2O2/c1-26(2)14-20-13-22(30-5)25-21(15-27(3,4)31-25)23(20)24(29-26)18-10-8-17(9-11-18)19-7-6-12-28-16-19/h6-13,16H,14-15H2,1-5H3. The van der Waals surface area contributed by atoms with E-state index in [0.29, 0.717) is 0 Å². The first kappa shape index (κ1) is 19.8. The number of benzene rings is 2. The molecule has 0 amide bonds. The van der Waals surface area contributed by atoms with Crippen LogP contribution in [0.1, 0.15) is 49.9 Å². The van der Waals surface area contributed by atoms with E-state index >= 15 is 0 Å². The summed E-state index contributed by atoms with van der Waals surface area (Å²) in [6.45, 7) is 8.65. The van der Waals surface area contributed by atoms with Gasteiger partial charge in [0.25, 0.3) is 0 Å². The quantitative estimate of drug-likeness (QED) is 0.559. The van der Waals surface area contributed by atoms with Crippen LogP contribution in [-0.2, 0) is 12.8 Å².